The second-order valence-corrected chi connectivity index (χ2v) is 15.7. The molecule has 0 aromatic heterocycles. The van der Waals surface area contributed by atoms with E-state index in [9.17, 15) is 0 Å². The van der Waals surface area contributed by atoms with Gasteiger partial charge >= 0.3 is 0 Å². The van der Waals surface area contributed by atoms with Crippen molar-refractivity contribution in [3.63, 3.8) is 0 Å². The molecule has 0 fully saturated rings. The van der Waals surface area contributed by atoms with Crippen LogP contribution in [0.5, 0.6) is 0 Å². The second-order valence-electron chi connectivity index (χ2n) is 15.7. The van der Waals surface area contributed by atoms with Crippen molar-refractivity contribution in [2.75, 3.05) is 4.90 Å². The van der Waals surface area contributed by atoms with Gasteiger partial charge in [-0.2, -0.15) is 0 Å². The highest BCUT2D eigenvalue weighted by Crippen LogP contribution is 2.50. The van der Waals surface area contributed by atoms with Crippen LogP contribution in [0.1, 0.15) is 5.56 Å². The molecule has 0 saturated carbocycles. The minimum atomic E-state index is 1.10. The molecule has 0 atom stereocenters. The van der Waals surface area contributed by atoms with Crippen LogP contribution in [0.2, 0.25) is 0 Å². The van der Waals surface area contributed by atoms with Gasteiger partial charge in [0, 0.05) is 16.9 Å². The molecule has 0 unspecified atom stereocenters. The van der Waals surface area contributed by atoms with Crippen molar-refractivity contribution >= 4 is 60.2 Å². The van der Waals surface area contributed by atoms with E-state index in [1.807, 2.05) is 0 Å². The van der Waals surface area contributed by atoms with Crippen molar-refractivity contribution in [2.45, 2.75) is 6.92 Å². The number of para-hydroxylation sites is 1. The molecule has 0 amide bonds. The van der Waals surface area contributed by atoms with Gasteiger partial charge < -0.3 is 4.90 Å². The van der Waals surface area contributed by atoms with Crippen molar-refractivity contribution in [3.8, 4) is 44.5 Å². The van der Waals surface area contributed by atoms with E-state index in [4.69, 9.17) is 0 Å². The first-order valence-electron chi connectivity index (χ1n) is 20.8. The SMILES string of the molecule is Cc1ccc(N(c2ccc3c(c2)c2ccccc2c2c(-c4ccccc4)cc(-c4ccccc4)c(-c4ccccc4)c32)c2ccccc2-c2cccc3ccccc23)cc1. The Kier molecular flexibility index (Phi) is 8.79. The van der Waals surface area contributed by atoms with Crippen molar-refractivity contribution in [2.24, 2.45) is 0 Å². The molecule has 11 aromatic carbocycles. The molecule has 0 aliphatic carbocycles. The largest absolute Gasteiger partial charge is 0.310 e. The number of nitrogens with zero attached hydrogens (tertiary/aromatic N) is 1. The molecule has 1 heteroatoms. The fourth-order valence-corrected chi connectivity index (χ4v) is 9.35. The van der Waals surface area contributed by atoms with Gasteiger partial charge in [0.2, 0.25) is 0 Å². The summed E-state index contributed by atoms with van der Waals surface area (Å²) >= 11 is 0. The molecule has 0 spiro atoms. The Morgan fingerprint density at radius 3 is 1.57 bits per heavy atom. The first-order valence-corrected chi connectivity index (χ1v) is 20.8. The molecule has 0 bridgehead atoms. The molecule has 11 aromatic rings. The number of benzene rings is 11. The van der Waals surface area contributed by atoms with Gasteiger partial charge in [-0.05, 0) is 125 Å². The zero-order chi connectivity index (χ0) is 40.0. The number of anilines is 3. The fourth-order valence-electron chi connectivity index (χ4n) is 9.35. The maximum Gasteiger partial charge on any atom is 0.0540 e. The lowest BCUT2D eigenvalue weighted by Crippen LogP contribution is -2.11. The van der Waals surface area contributed by atoms with Crippen LogP contribution in [0.3, 0.4) is 0 Å². The highest BCUT2D eigenvalue weighted by Gasteiger charge is 2.24. The second kappa shape index (κ2) is 14.9. The topological polar surface area (TPSA) is 3.24 Å². The highest BCUT2D eigenvalue weighted by molar-refractivity contribution is 6.33. The average molecular weight is 764 g/mol. The molecule has 0 N–H and O–H groups in total. The quantitative estimate of drug-likeness (QED) is 0.146. The molecular formula is C59H41N. The van der Waals surface area contributed by atoms with Gasteiger partial charge in [-0.1, -0.05) is 200 Å². The number of rotatable bonds is 7. The van der Waals surface area contributed by atoms with Gasteiger partial charge in [0.05, 0.1) is 5.69 Å². The highest BCUT2D eigenvalue weighted by atomic mass is 15.1. The summed E-state index contributed by atoms with van der Waals surface area (Å²) in [6.45, 7) is 2.16. The molecule has 0 aliphatic rings. The summed E-state index contributed by atoms with van der Waals surface area (Å²) in [6.07, 6.45) is 0. The predicted molar refractivity (Wildman–Crippen MR) is 258 cm³/mol. The number of hydrogen-bond acceptors (Lipinski definition) is 1. The average Bonchev–Trinajstić information content (AvgIpc) is 3.32. The van der Waals surface area contributed by atoms with Crippen LogP contribution in [0.4, 0.5) is 17.1 Å². The standard InChI is InChI=1S/C59H41N/c1-40-32-34-45(35-33-40)60(56-31-16-15-28-50(56)48-30-17-25-41-22-11-12-26-47(41)48)46-36-37-52-55(38-46)49-27-13-14-29-51(49)58-54(43-20-7-3-8-21-43)39-53(42-18-5-2-6-19-42)57(59(52)58)44-23-9-4-10-24-44/h2-39H,1H3. The summed E-state index contributed by atoms with van der Waals surface area (Å²) in [5, 5.41) is 9.93. The van der Waals surface area contributed by atoms with E-state index in [0.29, 0.717) is 0 Å². The Hall–Kier alpha value is -7.74. The van der Waals surface area contributed by atoms with Gasteiger partial charge in [-0.3, -0.25) is 0 Å². The number of aryl methyl sites for hydroxylation is 1. The minimum Gasteiger partial charge on any atom is -0.310 e. The lowest BCUT2D eigenvalue weighted by atomic mass is 9.81. The predicted octanol–water partition coefficient (Wildman–Crippen LogP) is 16.7. The van der Waals surface area contributed by atoms with E-state index in [2.05, 4.69) is 242 Å². The van der Waals surface area contributed by atoms with Crippen molar-refractivity contribution in [1.29, 1.82) is 0 Å². The van der Waals surface area contributed by atoms with Gasteiger partial charge in [-0.25, -0.2) is 0 Å². The summed E-state index contributed by atoms with van der Waals surface area (Å²) in [6, 6.07) is 84.5. The molecular weight excluding hydrogens is 723 g/mol. The third-order valence-electron chi connectivity index (χ3n) is 12.1. The van der Waals surface area contributed by atoms with E-state index >= 15 is 0 Å². The van der Waals surface area contributed by atoms with E-state index in [0.717, 1.165) is 17.1 Å². The van der Waals surface area contributed by atoms with E-state index < -0.39 is 0 Å². The minimum absolute atomic E-state index is 1.10. The van der Waals surface area contributed by atoms with Gasteiger partial charge in [0.25, 0.3) is 0 Å². The summed E-state index contributed by atoms with van der Waals surface area (Å²) in [5.74, 6) is 0. The maximum absolute atomic E-state index is 2.45. The molecule has 0 radical (unpaired) electrons. The maximum atomic E-state index is 2.45. The number of hydrogen-bond donors (Lipinski definition) is 0. The third-order valence-corrected chi connectivity index (χ3v) is 12.1. The Labute approximate surface area is 351 Å². The summed E-state index contributed by atoms with van der Waals surface area (Å²) in [7, 11) is 0. The van der Waals surface area contributed by atoms with Crippen LogP contribution in [-0.4, -0.2) is 0 Å². The smallest absolute Gasteiger partial charge is 0.0540 e. The first kappa shape index (κ1) is 35.4. The summed E-state index contributed by atoms with van der Waals surface area (Å²) in [5.41, 5.74) is 14.3. The lowest BCUT2D eigenvalue weighted by Gasteiger charge is -2.29. The Bertz CT molecular complexity index is 3340. The zero-order valence-electron chi connectivity index (χ0n) is 33.4. The monoisotopic (exact) mass is 763 g/mol. The van der Waals surface area contributed by atoms with Gasteiger partial charge in [0.15, 0.2) is 0 Å². The number of fused-ring (bicyclic) bond motifs is 7. The summed E-state index contributed by atoms with van der Waals surface area (Å²) < 4.78 is 0. The van der Waals surface area contributed by atoms with Crippen LogP contribution < -0.4 is 4.90 Å². The van der Waals surface area contributed by atoms with Crippen molar-refractivity contribution in [1.82, 2.24) is 0 Å². The molecule has 0 aliphatic heterocycles. The van der Waals surface area contributed by atoms with E-state index in [1.165, 1.54) is 93.2 Å². The van der Waals surface area contributed by atoms with Gasteiger partial charge in [0.1, 0.15) is 0 Å². The van der Waals surface area contributed by atoms with Crippen LogP contribution in [0.15, 0.2) is 231 Å². The van der Waals surface area contributed by atoms with Crippen molar-refractivity contribution < 1.29 is 0 Å². The molecule has 0 saturated heterocycles. The Morgan fingerprint density at radius 2 is 0.833 bits per heavy atom. The Balaban J connectivity index is 1.27. The van der Waals surface area contributed by atoms with Crippen LogP contribution in [0, 0.1) is 6.92 Å². The van der Waals surface area contributed by atoms with E-state index in [1.54, 1.807) is 0 Å². The molecule has 1 nitrogen and oxygen atoms in total. The molecule has 60 heavy (non-hydrogen) atoms. The van der Waals surface area contributed by atoms with Crippen LogP contribution in [-0.2, 0) is 0 Å². The molecule has 0 heterocycles. The van der Waals surface area contributed by atoms with Crippen LogP contribution >= 0.6 is 0 Å². The molecule has 11 rings (SSSR count). The first-order chi connectivity index (χ1) is 29.7. The van der Waals surface area contributed by atoms with Gasteiger partial charge in [-0.15, -0.1) is 0 Å². The third kappa shape index (κ3) is 6.03. The van der Waals surface area contributed by atoms with Crippen LogP contribution in [0.25, 0.3) is 87.6 Å². The van der Waals surface area contributed by atoms with Crippen molar-refractivity contribution in [3.05, 3.63) is 236 Å². The normalized spacial score (nSPS) is 11.4. The lowest BCUT2D eigenvalue weighted by molar-refractivity contribution is 1.28. The molecule has 282 valence electrons. The zero-order valence-corrected chi connectivity index (χ0v) is 33.4. The fraction of sp³-hybridized carbons (Fsp3) is 0.0169. The van der Waals surface area contributed by atoms with E-state index in [-0.39, 0.29) is 0 Å². The Morgan fingerprint density at radius 1 is 0.300 bits per heavy atom. The summed E-state index contributed by atoms with van der Waals surface area (Å²) in [4.78, 5) is 2.45.